The number of carbonyl (C=O) groups excluding carboxylic acids is 2. The van der Waals surface area contributed by atoms with E-state index in [0.29, 0.717) is 37.9 Å². The molecule has 0 saturated carbocycles. The Hall–Kier alpha value is -2.79. The van der Waals surface area contributed by atoms with E-state index < -0.39 is 28.5 Å². The van der Waals surface area contributed by atoms with E-state index in [2.05, 4.69) is 21.2 Å². The fraction of sp³-hybridized carbons (Fsp3) is 0.333. The summed E-state index contributed by atoms with van der Waals surface area (Å²) < 4.78 is 34.9. The number of amides is 2. The SMILES string of the molecule is CCC(C(=O)NC(C)C)N(Cc1ccc(Cl)c(Cl)c1)C(=O)CN(c1ccc(C)cc1)S(=O)(=O)c1ccc(OC)c(Br)c1. The number of benzene rings is 3. The Kier molecular flexibility index (Phi) is 11.7. The van der Waals surface area contributed by atoms with E-state index in [-0.39, 0.29) is 23.4 Å². The summed E-state index contributed by atoms with van der Waals surface area (Å²) in [4.78, 5) is 28.7. The summed E-state index contributed by atoms with van der Waals surface area (Å²) in [6.45, 7) is 6.79. The van der Waals surface area contributed by atoms with Crippen molar-refractivity contribution in [2.24, 2.45) is 0 Å². The number of nitrogens with one attached hydrogen (secondary N) is 1. The Labute approximate surface area is 266 Å². The highest BCUT2D eigenvalue weighted by Gasteiger charge is 2.34. The predicted molar refractivity (Wildman–Crippen MR) is 171 cm³/mol. The minimum atomic E-state index is -4.24. The molecule has 226 valence electrons. The van der Waals surface area contributed by atoms with Gasteiger partial charge in [-0.1, -0.05) is 53.9 Å². The second-order valence-electron chi connectivity index (χ2n) is 10.0. The number of ether oxygens (including phenoxy) is 1. The quantitative estimate of drug-likeness (QED) is 0.230. The molecule has 0 aliphatic carbocycles. The van der Waals surface area contributed by atoms with Crippen LogP contribution < -0.4 is 14.4 Å². The number of halogens is 3. The lowest BCUT2D eigenvalue weighted by Crippen LogP contribution is -2.53. The van der Waals surface area contributed by atoms with Crippen molar-refractivity contribution >= 4 is 66.7 Å². The highest BCUT2D eigenvalue weighted by molar-refractivity contribution is 9.10. The Morgan fingerprint density at radius 1 is 1.00 bits per heavy atom. The van der Waals surface area contributed by atoms with Gasteiger partial charge in [-0.3, -0.25) is 13.9 Å². The van der Waals surface area contributed by atoms with E-state index in [1.165, 1.54) is 30.2 Å². The first-order chi connectivity index (χ1) is 19.8. The third-order valence-corrected chi connectivity index (χ3v) is 9.59. The molecule has 3 aromatic rings. The number of carbonyl (C=O) groups is 2. The van der Waals surface area contributed by atoms with Crippen molar-refractivity contribution in [1.29, 1.82) is 0 Å². The van der Waals surface area contributed by atoms with Crippen molar-refractivity contribution in [3.8, 4) is 5.75 Å². The molecular weight excluding hydrogens is 665 g/mol. The van der Waals surface area contributed by atoms with Crippen LogP contribution in [-0.2, 0) is 26.2 Å². The second kappa shape index (κ2) is 14.6. The molecule has 0 heterocycles. The maximum Gasteiger partial charge on any atom is 0.264 e. The summed E-state index contributed by atoms with van der Waals surface area (Å²) in [6.07, 6.45) is 0.300. The van der Waals surface area contributed by atoms with Gasteiger partial charge in [0.05, 0.1) is 32.2 Å². The van der Waals surface area contributed by atoms with Gasteiger partial charge in [-0.15, -0.1) is 0 Å². The predicted octanol–water partition coefficient (Wildman–Crippen LogP) is 6.60. The van der Waals surface area contributed by atoms with E-state index >= 15 is 0 Å². The molecule has 0 aromatic heterocycles. The largest absolute Gasteiger partial charge is 0.496 e. The average Bonchev–Trinajstić information content (AvgIpc) is 2.93. The molecule has 0 spiro atoms. The van der Waals surface area contributed by atoms with Crippen molar-refractivity contribution in [1.82, 2.24) is 10.2 Å². The van der Waals surface area contributed by atoms with Crippen LogP contribution in [0, 0.1) is 6.92 Å². The molecule has 0 fully saturated rings. The standard InChI is InChI=1S/C30H34BrCl2N3O5S/c1-6-27(30(38)34-19(2)3)35(17-21-9-13-25(32)26(33)15-21)29(37)18-36(22-10-7-20(4)8-11-22)42(39,40)23-12-14-28(41-5)24(31)16-23/h7-16,19,27H,6,17-18H2,1-5H3,(H,34,38). The highest BCUT2D eigenvalue weighted by atomic mass is 79.9. The summed E-state index contributed by atoms with van der Waals surface area (Å²) in [5, 5.41) is 3.52. The molecule has 2 amide bonds. The molecule has 0 aliphatic heterocycles. The number of methoxy groups -OCH3 is 1. The molecule has 1 N–H and O–H groups in total. The van der Waals surface area contributed by atoms with Crippen molar-refractivity contribution < 1.29 is 22.7 Å². The number of hydrogen-bond acceptors (Lipinski definition) is 5. The van der Waals surface area contributed by atoms with E-state index in [4.69, 9.17) is 27.9 Å². The lowest BCUT2D eigenvalue weighted by molar-refractivity contribution is -0.140. The van der Waals surface area contributed by atoms with Crippen LogP contribution in [0.2, 0.25) is 10.0 Å². The van der Waals surface area contributed by atoms with Gasteiger partial charge in [-0.2, -0.15) is 0 Å². The summed E-state index contributed by atoms with van der Waals surface area (Å²) in [6, 6.07) is 15.1. The number of anilines is 1. The number of rotatable bonds is 12. The Morgan fingerprint density at radius 2 is 1.67 bits per heavy atom. The van der Waals surface area contributed by atoms with Crippen LogP contribution in [-0.4, -0.2) is 50.9 Å². The van der Waals surface area contributed by atoms with Gasteiger partial charge in [0.2, 0.25) is 11.8 Å². The number of aryl methyl sites for hydroxylation is 1. The van der Waals surface area contributed by atoms with Gasteiger partial charge in [0.25, 0.3) is 10.0 Å². The van der Waals surface area contributed by atoms with Crippen LogP contribution >= 0.6 is 39.1 Å². The first-order valence-corrected chi connectivity index (χ1v) is 16.2. The van der Waals surface area contributed by atoms with Crippen LogP contribution in [0.3, 0.4) is 0 Å². The Bertz CT molecular complexity index is 1530. The van der Waals surface area contributed by atoms with Crippen molar-refractivity contribution in [3.05, 3.63) is 86.3 Å². The molecule has 0 radical (unpaired) electrons. The third-order valence-electron chi connectivity index (χ3n) is 6.47. The fourth-order valence-corrected chi connectivity index (χ4v) is 6.76. The first-order valence-electron chi connectivity index (χ1n) is 13.2. The van der Waals surface area contributed by atoms with Crippen LogP contribution in [0.5, 0.6) is 5.75 Å². The van der Waals surface area contributed by atoms with Gasteiger partial charge in [0.15, 0.2) is 0 Å². The molecule has 8 nitrogen and oxygen atoms in total. The first kappa shape index (κ1) is 33.7. The van der Waals surface area contributed by atoms with Crippen molar-refractivity contribution in [3.63, 3.8) is 0 Å². The third kappa shape index (κ3) is 8.18. The smallest absolute Gasteiger partial charge is 0.264 e. The molecule has 1 unspecified atom stereocenters. The number of sulfonamides is 1. The lowest BCUT2D eigenvalue weighted by Gasteiger charge is -2.33. The normalized spacial score (nSPS) is 12.1. The molecular formula is C30H34BrCl2N3O5S. The summed E-state index contributed by atoms with van der Waals surface area (Å²) in [5.74, 6) is -0.449. The van der Waals surface area contributed by atoms with Crippen LogP contribution in [0.4, 0.5) is 5.69 Å². The number of hydrogen-bond donors (Lipinski definition) is 1. The van der Waals surface area contributed by atoms with E-state index in [1.54, 1.807) is 49.4 Å². The van der Waals surface area contributed by atoms with Crippen molar-refractivity contribution in [2.75, 3.05) is 18.0 Å². The van der Waals surface area contributed by atoms with Gasteiger partial charge in [-0.25, -0.2) is 8.42 Å². The van der Waals surface area contributed by atoms with Gasteiger partial charge in [-0.05, 0) is 91.1 Å². The Morgan fingerprint density at radius 3 is 2.21 bits per heavy atom. The zero-order valence-corrected chi connectivity index (χ0v) is 27.9. The molecule has 3 aromatic carbocycles. The maximum absolute atomic E-state index is 14.1. The molecule has 1 atom stereocenters. The fourth-order valence-electron chi connectivity index (χ4n) is 4.31. The molecule has 0 bridgehead atoms. The minimum absolute atomic E-state index is 0.00954. The van der Waals surface area contributed by atoms with E-state index in [9.17, 15) is 18.0 Å². The summed E-state index contributed by atoms with van der Waals surface area (Å²) in [5.41, 5.74) is 1.86. The van der Waals surface area contributed by atoms with E-state index in [0.717, 1.165) is 9.87 Å². The molecule has 3 rings (SSSR count). The maximum atomic E-state index is 14.1. The summed E-state index contributed by atoms with van der Waals surface area (Å²) >= 11 is 15.7. The number of nitrogens with zero attached hydrogens (tertiary/aromatic N) is 2. The summed E-state index contributed by atoms with van der Waals surface area (Å²) in [7, 11) is -2.76. The molecule has 0 aliphatic rings. The highest BCUT2D eigenvalue weighted by Crippen LogP contribution is 2.31. The van der Waals surface area contributed by atoms with Gasteiger partial charge < -0.3 is 15.0 Å². The van der Waals surface area contributed by atoms with Crippen LogP contribution in [0.15, 0.2) is 70.0 Å². The minimum Gasteiger partial charge on any atom is -0.496 e. The monoisotopic (exact) mass is 697 g/mol. The Balaban J connectivity index is 2.10. The van der Waals surface area contributed by atoms with Crippen LogP contribution in [0.25, 0.3) is 0 Å². The lowest BCUT2D eigenvalue weighted by atomic mass is 10.1. The average molecular weight is 699 g/mol. The van der Waals surface area contributed by atoms with Gasteiger partial charge in [0.1, 0.15) is 18.3 Å². The molecule has 0 saturated heterocycles. The van der Waals surface area contributed by atoms with Gasteiger partial charge in [0, 0.05) is 12.6 Å². The van der Waals surface area contributed by atoms with E-state index in [1.807, 2.05) is 20.8 Å². The van der Waals surface area contributed by atoms with Crippen LogP contribution in [0.1, 0.15) is 38.3 Å². The van der Waals surface area contributed by atoms with Gasteiger partial charge >= 0.3 is 0 Å². The van der Waals surface area contributed by atoms with Crippen molar-refractivity contribution in [2.45, 2.75) is 57.6 Å². The topological polar surface area (TPSA) is 96.0 Å². The zero-order chi connectivity index (χ0) is 31.2. The second-order valence-corrected chi connectivity index (χ2v) is 13.5. The zero-order valence-electron chi connectivity index (χ0n) is 24.0. The molecule has 12 heteroatoms. The molecule has 42 heavy (non-hydrogen) atoms.